The third-order valence-electron chi connectivity index (χ3n) is 4.19. The number of aryl methyl sites for hydroxylation is 1. The highest BCUT2D eigenvalue weighted by atomic mass is 16.3. The van der Waals surface area contributed by atoms with E-state index in [1.807, 2.05) is 29.0 Å². The molecular formula is C21H18N4O2. The molecule has 1 N–H and O–H groups in total. The molecule has 134 valence electrons. The summed E-state index contributed by atoms with van der Waals surface area (Å²) in [5.74, 6) is 0.212. The van der Waals surface area contributed by atoms with Crippen LogP contribution in [0.4, 0.5) is 0 Å². The van der Waals surface area contributed by atoms with Crippen LogP contribution in [0.1, 0.15) is 21.6 Å². The monoisotopic (exact) mass is 358 g/mol. The number of carbonyl (C=O) groups is 1. The van der Waals surface area contributed by atoms with Crippen LogP contribution >= 0.6 is 0 Å². The fraction of sp³-hybridized carbons (Fsp3) is 0.0952. The highest BCUT2D eigenvalue weighted by molar-refractivity contribution is 5.93. The number of hydrogen-bond acceptors (Lipinski definition) is 3. The maximum Gasteiger partial charge on any atom is 0.299 e. The Balaban J connectivity index is 1.62. The van der Waals surface area contributed by atoms with E-state index in [2.05, 4.69) is 46.4 Å². The van der Waals surface area contributed by atoms with Crippen LogP contribution in [0.3, 0.4) is 0 Å². The molecule has 3 heterocycles. The lowest BCUT2D eigenvalue weighted by Crippen LogP contribution is -2.22. The first-order valence-corrected chi connectivity index (χ1v) is 8.58. The molecule has 4 aromatic rings. The first-order chi connectivity index (χ1) is 13.2. The number of aromatic amines is 1. The molecule has 0 atom stereocenters. The summed E-state index contributed by atoms with van der Waals surface area (Å²) < 4.78 is 7.24. The van der Waals surface area contributed by atoms with E-state index in [1.165, 1.54) is 5.56 Å². The van der Waals surface area contributed by atoms with Gasteiger partial charge in [0, 0.05) is 18.8 Å². The van der Waals surface area contributed by atoms with E-state index in [0.29, 0.717) is 23.5 Å². The summed E-state index contributed by atoms with van der Waals surface area (Å²) in [5, 5.41) is 6.86. The van der Waals surface area contributed by atoms with Gasteiger partial charge in [0.25, 0.3) is 5.91 Å². The molecule has 0 saturated heterocycles. The van der Waals surface area contributed by atoms with Crippen molar-refractivity contribution in [3.63, 3.8) is 0 Å². The second-order valence-corrected chi connectivity index (χ2v) is 6.23. The van der Waals surface area contributed by atoms with Crippen LogP contribution in [0.25, 0.3) is 11.5 Å². The van der Waals surface area contributed by atoms with Gasteiger partial charge in [-0.3, -0.25) is 9.89 Å². The summed E-state index contributed by atoms with van der Waals surface area (Å²) in [6.07, 6.45) is 3.48. The van der Waals surface area contributed by atoms with Gasteiger partial charge in [-0.15, -0.1) is 0 Å². The summed E-state index contributed by atoms with van der Waals surface area (Å²) in [6.45, 7) is 2.69. The largest absolute Gasteiger partial charge is 0.463 e. The number of nitrogens with one attached hydrogen (secondary N) is 1. The van der Waals surface area contributed by atoms with Gasteiger partial charge < -0.3 is 8.98 Å². The number of amides is 1. The van der Waals surface area contributed by atoms with Crippen molar-refractivity contribution in [2.45, 2.75) is 13.5 Å². The van der Waals surface area contributed by atoms with Crippen LogP contribution in [0.5, 0.6) is 0 Å². The molecule has 0 aliphatic heterocycles. The Morgan fingerprint density at radius 1 is 1.15 bits per heavy atom. The third kappa shape index (κ3) is 3.79. The zero-order chi connectivity index (χ0) is 18.6. The van der Waals surface area contributed by atoms with Gasteiger partial charge in [0.1, 0.15) is 11.2 Å². The number of rotatable bonds is 4. The van der Waals surface area contributed by atoms with Crippen LogP contribution in [0, 0.1) is 6.92 Å². The molecule has 27 heavy (non-hydrogen) atoms. The molecule has 0 radical (unpaired) electrons. The number of benzene rings is 1. The molecular weight excluding hydrogens is 340 g/mol. The van der Waals surface area contributed by atoms with E-state index < -0.39 is 5.91 Å². The number of H-pyrrole nitrogens is 1. The van der Waals surface area contributed by atoms with E-state index in [0.717, 1.165) is 5.56 Å². The van der Waals surface area contributed by atoms with Crippen molar-refractivity contribution in [2.24, 2.45) is 4.99 Å². The third-order valence-corrected chi connectivity index (χ3v) is 4.19. The number of pyridine rings is 1. The van der Waals surface area contributed by atoms with Gasteiger partial charge in [-0.2, -0.15) is 10.1 Å². The fourth-order valence-corrected chi connectivity index (χ4v) is 2.74. The molecule has 0 saturated carbocycles. The number of carbonyl (C=O) groups excluding carboxylic acids is 1. The Bertz CT molecular complexity index is 1120. The van der Waals surface area contributed by atoms with Gasteiger partial charge in [0.05, 0.1) is 6.26 Å². The van der Waals surface area contributed by atoms with Crippen molar-refractivity contribution in [2.75, 3.05) is 0 Å². The lowest BCUT2D eigenvalue weighted by atomic mass is 10.1. The minimum atomic E-state index is -0.409. The summed E-state index contributed by atoms with van der Waals surface area (Å²) >= 11 is 0. The van der Waals surface area contributed by atoms with Gasteiger partial charge in [-0.05, 0) is 36.8 Å². The topological polar surface area (TPSA) is 76.2 Å². The Hall–Kier alpha value is -3.67. The van der Waals surface area contributed by atoms with Crippen molar-refractivity contribution in [1.82, 2.24) is 14.8 Å². The van der Waals surface area contributed by atoms with Crippen molar-refractivity contribution < 1.29 is 9.21 Å². The molecule has 0 bridgehead atoms. The lowest BCUT2D eigenvalue weighted by molar-refractivity contribution is 0.0992. The number of aromatic nitrogens is 3. The normalized spacial score (nSPS) is 11.7. The van der Waals surface area contributed by atoms with Gasteiger partial charge in [-0.1, -0.05) is 35.9 Å². The van der Waals surface area contributed by atoms with Crippen LogP contribution in [-0.2, 0) is 6.54 Å². The van der Waals surface area contributed by atoms with E-state index in [4.69, 9.17) is 4.42 Å². The van der Waals surface area contributed by atoms with Crippen molar-refractivity contribution >= 4 is 5.91 Å². The molecule has 6 nitrogen and oxygen atoms in total. The smallest absolute Gasteiger partial charge is 0.299 e. The van der Waals surface area contributed by atoms with Gasteiger partial charge in [0.15, 0.2) is 11.5 Å². The maximum atomic E-state index is 12.6. The van der Waals surface area contributed by atoms with Crippen molar-refractivity contribution in [3.8, 4) is 11.5 Å². The SMILES string of the molecule is Cc1ccc(Cn2ccccc2=NC(=O)c2cc(-c3ccco3)[nH]n2)cc1. The van der Waals surface area contributed by atoms with Gasteiger partial charge in [-0.25, -0.2) is 0 Å². The van der Waals surface area contributed by atoms with E-state index >= 15 is 0 Å². The van der Waals surface area contributed by atoms with Gasteiger partial charge in [0.2, 0.25) is 0 Å². The molecule has 3 aromatic heterocycles. The van der Waals surface area contributed by atoms with Crippen LogP contribution < -0.4 is 5.49 Å². The number of furan rings is 1. The van der Waals surface area contributed by atoms with Crippen LogP contribution in [0.15, 0.2) is 82.5 Å². The zero-order valence-corrected chi connectivity index (χ0v) is 14.8. The molecule has 0 aliphatic rings. The van der Waals surface area contributed by atoms with Crippen LogP contribution in [-0.4, -0.2) is 20.7 Å². The first-order valence-electron chi connectivity index (χ1n) is 8.58. The quantitative estimate of drug-likeness (QED) is 0.606. The summed E-state index contributed by atoms with van der Waals surface area (Å²) in [4.78, 5) is 16.8. The van der Waals surface area contributed by atoms with Crippen molar-refractivity contribution in [3.05, 3.63) is 95.4 Å². The predicted octanol–water partition coefficient (Wildman–Crippen LogP) is 3.57. The minimum absolute atomic E-state index is 0.243. The molecule has 0 unspecified atom stereocenters. The number of hydrogen-bond donors (Lipinski definition) is 1. The first kappa shape index (κ1) is 16.8. The molecule has 0 aliphatic carbocycles. The minimum Gasteiger partial charge on any atom is -0.463 e. The highest BCUT2D eigenvalue weighted by Crippen LogP contribution is 2.18. The molecule has 0 fully saturated rings. The van der Waals surface area contributed by atoms with E-state index in [1.54, 1.807) is 24.5 Å². The molecule has 1 amide bonds. The Morgan fingerprint density at radius 3 is 2.78 bits per heavy atom. The second kappa shape index (κ2) is 7.29. The van der Waals surface area contributed by atoms with Crippen LogP contribution in [0.2, 0.25) is 0 Å². The fourth-order valence-electron chi connectivity index (χ4n) is 2.74. The Morgan fingerprint density at radius 2 is 2.00 bits per heavy atom. The lowest BCUT2D eigenvalue weighted by Gasteiger charge is -2.07. The van der Waals surface area contributed by atoms with E-state index in [-0.39, 0.29) is 5.69 Å². The highest BCUT2D eigenvalue weighted by Gasteiger charge is 2.12. The average molecular weight is 358 g/mol. The predicted molar refractivity (Wildman–Crippen MR) is 101 cm³/mol. The average Bonchev–Trinajstić information content (AvgIpc) is 3.36. The van der Waals surface area contributed by atoms with E-state index in [9.17, 15) is 4.79 Å². The van der Waals surface area contributed by atoms with Gasteiger partial charge >= 0.3 is 0 Å². The van der Waals surface area contributed by atoms with Crippen molar-refractivity contribution in [1.29, 1.82) is 0 Å². The maximum absolute atomic E-state index is 12.6. The standard InChI is InChI=1S/C21H18N4O2/c1-15-7-9-16(10-8-15)14-25-11-3-2-6-20(25)22-21(26)18-13-17(23-24-18)19-5-4-12-27-19/h2-13H,14H2,1H3,(H,23,24). The second-order valence-electron chi connectivity index (χ2n) is 6.23. The molecule has 0 spiro atoms. The Kier molecular flexibility index (Phi) is 4.53. The molecule has 4 rings (SSSR count). The summed E-state index contributed by atoms with van der Waals surface area (Å²) in [6, 6.07) is 19.1. The molecule has 6 heteroatoms. The number of nitrogens with zero attached hydrogens (tertiary/aromatic N) is 3. The summed E-state index contributed by atoms with van der Waals surface area (Å²) in [7, 11) is 0. The summed E-state index contributed by atoms with van der Waals surface area (Å²) in [5.41, 5.74) is 3.81. The zero-order valence-electron chi connectivity index (χ0n) is 14.8. The molecule has 1 aromatic carbocycles. The Labute approximate surface area is 155 Å².